The Balaban J connectivity index is 2.37. The number of ether oxygens (including phenoxy) is 2. The van der Waals surface area contributed by atoms with Gasteiger partial charge in [0.1, 0.15) is 5.60 Å². The van der Waals surface area contributed by atoms with E-state index >= 15 is 0 Å². The van der Waals surface area contributed by atoms with E-state index in [1.165, 1.54) is 11.7 Å². The summed E-state index contributed by atoms with van der Waals surface area (Å²) >= 11 is 3.65. The Bertz CT molecular complexity index is 1080. The topological polar surface area (TPSA) is 57.5 Å². The van der Waals surface area contributed by atoms with Gasteiger partial charge in [0.15, 0.2) is 0 Å². The number of methoxy groups -OCH3 is 1. The highest BCUT2D eigenvalue weighted by molar-refractivity contribution is 9.10. The Morgan fingerprint density at radius 1 is 1.07 bits per heavy atom. The molecule has 0 N–H and O–H groups in total. The molecule has 3 aromatic rings. The second kappa shape index (κ2) is 7.43. The van der Waals surface area contributed by atoms with E-state index < -0.39 is 17.7 Å². The van der Waals surface area contributed by atoms with Crippen LogP contribution in [0.3, 0.4) is 0 Å². The number of aromatic nitrogens is 1. The minimum atomic E-state index is -0.663. The van der Waals surface area contributed by atoms with Gasteiger partial charge >= 0.3 is 12.1 Å². The molecule has 0 aliphatic heterocycles. The molecule has 5 nitrogen and oxygen atoms in total. The number of halogens is 1. The molecule has 0 radical (unpaired) electrons. The summed E-state index contributed by atoms with van der Waals surface area (Å²) in [5.41, 5.74) is 2.60. The lowest BCUT2D eigenvalue weighted by atomic mass is 10.0. The van der Waals surface area contributed by atoms with Gasteiger partial charge in [-0.05, 0) is 61.8 Å². The zero-order valence-corrected chi connectivity index (χ0v) is 18.1. The monoisotopic (exact) mass is 443 g/mol. The number of benzene rings is 2. The van der Waals surface area contributed by atoms with E-state index in [4.69, 9.17) is 9.47 Å². The Kier molecular flexibility index (Phi) is 5.35. The molecule has 0 aliphatic rings. The Hall–Kier alpha value is -2.60. The van der Waals surface area contributed by atoms with Crippen LogP contribution in [-0.2, 0) is 9.47 Å². The van der Waals surface area contributed by atoms with Crippen LogP contribution < -0.4 is 0 Å². The number of hydrogen-bond donors (Lipinski definition) is 0. The molecule has 0 fully saturated rings. The van der Waals surface area contributed by atoms with E-state index in [1.54, 1.807) is 18.2 Å². The second-order valence-corrected chi connectivity index (χ2v) is 8.33. The third-order valence-corrected chi connectivity index (χ3v) is 5.03. The number of rotatable bonds is 2. The number of hydrogen-bond acceptors (Lipinski definition) is 4. The highest BCUT2D eigenvalue weighted by Crippen LogP contribution is 2.40. The van der Waals surface area contributed by atoms with Gasteiger partial charge in [0, 0.05) is 10.9 Å². The van der Waals surface area contributed by atoms with Crippen LogP contribution >= 0.6 is 15.9 Å². The van der Waals surface area contributed by atoms with Crippen molar-refractivity contribution in [3.05, 3.63) is 58.1 Å². The normalized spacial score (nSPS) is 11.5. The lowest BCUT2D eigenvalue weighted by Crippen LogP contribution is -2.27. The maximum absolute atomic E-state index is 13.1. The molecule has 2 aromatic carbocycles. The number of carbonyl (C=O) groups excluding carboxylic acids is 2. The Morgan fingerprint density at radius 2 is 1.75 bits per heavy atom. The molecular formula is C22H22BrNO4. The first-order valence-electron chi connectivity index (χ1n) is 8.85. The molecule has 0 atom stereocenters. The number of fused-ring (bicyclic) bond motifs is 1. The van der Waals surface area contributed by atoms with Crippen molar-refractivity contribution < 1.29 is 19.1 Å². The van der Waals surface area contributed by atoms with Crippen LogP contribution in [0.4, 0.5) is 4.79 Å². The minimum absolute atomic E-state index is 0.370. The van der Waals surface area contributed by atoms with Gasteiger partial charge in [-0.25, -0.2) is 14.2 Å². The summed E-state index contributed by atoms with van der Waals surface area (Å²) in [6.07, 6.45) is -0.512. The van der Waals surface area contributed by atoms with Gasteiger partial charge in [0.2, 0.25) is 0 Å². The van der Waals surface area contributed by atoms with Crippen molar-refractivity contribution >= 4 is 38.9 Å². The minimum Gasteiger partial charge on any atom is -0.465 e. The smallest absolute Gasteiger partial charge is 0.419 e. The fourth-order valence-electron chi connectivity index (χ4n) is 3.08. The van der Waals surface area contributed by atoms with Gasteiger partial charge in [0.25, 0.3) is 0 Å². The summed E-state index contributed by atoms with van der Waals surface area (Å²) in [4.78, 5) is 25.5. The molecule has 0 saturated carbocycles. The fourth-order valence-corrected chi connectivity index (χ4v) is 3.79. The van der Waals surface area contributed by atoms with E-state index in [0.29, 0.717) is 26.8 Å². The van der Waals surface area contributed by atoms with E-state index in [9.17, 15) is 9.59 Å². The molecule has 0 amide bonds. The largest absolute Gasteiger partial charge is 0.465 e. The molecule has 0 aliphatic carbocycles. The van der Waals surface area contributed by atoms with Crippen molar-refractivity contribution in [3.8, 4) is 11.3 Å². The quantitative estimate of drug-likeness (QED) is 0.459. The van der Waals surface area contributed by atoms with E-state index in [2.05, 4.69) is 15.9 Å². The zero-order valence-electron chi connectivity index (χ0n) is 16.5. The molecular weight excluding hydrogens is 422 g/mol. The first kappa shape index (κ1) is 20.1. The van der Waals surface area contributed by atoms with Crippen molar-refractivity contribution in [1.29, 1.82) is 0 Å². The lowest BCUT2D eigenvalue weighted by Gasteiger charge is -2.21. The van der Waals surface area contributed by atoms with Crippen LogP contribution in [0.5, 0.6) is 0 Å². The van der Waals surface area contributed by atoms with Crippen molar-refractivity contribution in [2.75, 3.05) is 7.11 Å². The first-order chi connectivity index (χ1) is 13.1. The number of carbonyl (C=O) groups is 2. The second-order valence-electron chi connectivity index (χ2n) is 7.54. The standard InChI is InChI=1S/C22H22BrNO4/c1-13-10-11-17-16(12-13)18(23)19(24(17)21(26)28-22(2,3)4)14-8-6-7-9-15(14)20(25)27-5/h6-12H,1-5H3. The van der Waals surface area contributed by atoms with Crippen molar-refractivity contribution in [2.24, 2.45) is 0 Å². The van der Waals surface area contributed by atoms with Crippen molar-refractivity contribution in [2.45, 2.75) is 33.3 Å². The van der Waals surface area contributed by atoms with Crippen molar-refractivity contribution in [3.63, 3.8) is 0 Å². The average molecular weight is 444 g/mol. The molecule has 0 bridgehead atoms. The molecule has 146 valence electrons. The summed E-state index contributed by atoms with van der Waals surface area (Å²) in [6.45, 7) is 7.44. The number of nitrogens with zero attached hydrogens (tertiary/aromatic N) is 1. The molecule has 1 heterocycles. The summed E-state index contributed by atoms with van der Waals surface area (Å²) in [5, 5.41) is 0.862. The Morgan fingerprint density at radius 3 is 2.39 bits per heavy atom. The third kappa shape index (κ3) is 3.69. The SMILES string of the molecule is COC(=O)c1ccccc1-c1c(Br)c2cc(C)ccc2n1C(=O)OC(C)(C)C. The van der Waals surface area contributed by atoms with E-state index in [0.717, 1.165) is 10.9 Å². The summed E-state index contributed by atoms with van der Waals surface area (Å²) in [6, 6.07) is 12.8. The molecule has 6 heteroatoms. The third-order valence-electron chi connectivity index (χ3n) is 4.22. The number of esters is 1. The zero-order chi connectivity index (χ0) is 20.6. The van der Waals surface area contributed by atoms with E-state index in [1.807, 2.05) is 52.0 Å². The maximum Gasteiger partial charge on any atom is 0.419 e. The highest BCUT2D eigenvalue weighted by atomic mass is 79.9. The van der Waals surface area contributed by atoms with Crippen LogP contribution in [0.2, 0.25) is 0 Å². The molecule has 28 heavy (non-hydrogen) atoms. The maximum atomic E-state index is 13.1. The Labute approximate surface area is 172 Å². The highest BCUT2D eigenvalue weighted by Gasteiger charge is 2.28. The van der Waals surface area contributed by atoms with Gasteiger partial charge in [-0.15, -0.1) is 0 Å². The first-order valence-corrected chi connectivity index (χ1v) is 9.65. The van der Waals surface area contributed by atoms with Crippen LogP contribution in [0.15, 0.2) is 46.9 Å². The summed E-state index contributed by atoms with van der Waals surface area (Å²) in [7, 11) is 1.33. The van der Waals surface area contributed by atoms with E-state index in [-0.39, 0.29) is 0 Å². The van der Waals surface area contributed by atoms with Gasteiger partial charge in [-0.3, -0.25) is 0 Å². The molecule has 3 rings (SSSR count). The van der Waals surface area contributed by atoms with Crippen molar-refractivity contribution in [1.82, 2.24) is 4.57 Å². The van der Waals surface area contributed by atoms with Crippen LogP contribution in [-0.4, -0.2) is 29.3 Å². The van der Waals surface area contributed by atoms with Gasteiger partial charge in [0.05, 0.1) is 28.4 Å². The van der Waals surface area contributed by atoms with Gasteiger partial charge in [-0.2, -0.15) is 0 Å². The summed E-state index contributed by atoms with van der Waals surface area (Å²) < 4.78 is 12.8. The van der Waals surface area contributed by atoms with Crippen LogP contribution in [0.25, 0.3) is 22.2 Å². The lowest BCUT2D eigenvalue weighted by molar-refractivity contribution is 0.0543. The predicted octanol–water partition coefficient (Wildman–Crippen LogP) is 5.95. The molecule has 1 aromatic heterocycles. The van der Waals surface area contributed by atoms with Gasteiger partial charge < -0.3 is 9.47 Å². The molecule has 0 unspecified atom stereocenters. The molecule has 0 spiro atoms. The number of aryl methyl sites for hydroxylation is 1. The van der Waals surface area contributed by atoms with Crippen LogP contribution in [0, 0.1) is 6.92 Å². The predicted molar refractivity (Wildman–Crippen MR) is 113 cm³/mol. The average Bonchev–Trinajstić information content (AvgIpc) is 2.92. The van der Waals surface area contributed by atoms with Gasteiger partial charge in [-0.1, -0.05) is 29.8 Å². The molecule has 0 saturated heterocycles. The summed E-state index contributed by atoms with van der Waals surface area (Å²) in [5.74, 6) is -0.473. The fraction of sp³-hybridized carbons (Fsp3) is 0.273. The van der Waals surface area contributed by atoms with Crippen LogP contribution in [0.1, 0.15) is 36.7 Å².